The van der Waals surface area contributed by atoms with E-state index in [2.05, 4.69) is 32.6 Å². The molecule has 160 valence electrons. The van der Waals surface area contributed by atoms with Crippen LogP contribution in [-0.4, -0.2) is 50.3 Å². The van der Waals surface area contributed by atoms with Gasteiger partial charge in [0.05, 0.1) is 11.9 Å². The SMILES string of the molecule is [2H]C([2H])([2H])n1ncc(-c2ccc(-c3ccc(N(C)C4CC5CCC(C4)N5)nn3)c(O)c2)cc1=O. The Kier molecular flexibility index (Phi) is 4.12. The molecule has 2 unspecified atom stereocenters. The number of phenols is 1. The third-order valence-electron chi connectivity index (χ3n) is 6.41. The van der Waals surface area contributed by atoms with E-state index in [4.69, 9.17) is 4.11 Å². The third kappa shape index (κ3) is 3.79. The predicted octanol–water partition coefficient (Wildman–Crippen LogP) is 2.33. The summed E-state index contributed by atoms with van der Waals surface area (Å²) in [6, 6.07) is 11.5. The van der Waals surface area contributed by atoms with Gasteiger partial charge in [-0.25, -0.2) is 4.68 Å². The van der Waals surface area contributed by atoms with Crippen molar-refractivity contribution in [2.75, 3.05) is 11.9 Å². The van der Waals surface area contributed by atoms with Gasteiger partial charge in [0.1, 0.15) is 5.75 Å². The van der Waals surface area contributed by atoms with Gasteiger partial charge in [0.25, 0.3) is 5.56 Å². The standard InChI is InChI=1S/C23H26N6O2/c1-28(18-11-16-4-5-17(12-18)25-16)22-8-7-20(26-27-22)19-6-3-14(9-21(19)30)15-10-23(31)29(2)24-13-15/h3,6-10,13,16-18,25,30H,4-5,11-12H2,1-2H3/i2D3. The van der Waals surface area contributed by atoms with Crippen LogP contribution in [0.3, 0.4) is 0 Å². The molecule has 0 aliphatic carbocycles. The molecule has 2 aromatic heterocycles. The first-order valence-electron chi connectivity index (χ1n) is 12.0. The Hall–Kier alpha value is -3.26. The molecule has 2 saturated heterocycles. The number of hydrogen-bond acceptors (Lipinski definition) is 7. The Morgan fingerprint density at radius 2 is 1.94 bits per heavy atom. The molecule has 2 fully saturated rings. The van der Waals surface area contributed by atoms with Crippen LogP contribution in [0, 0.1) is 0 Å². The van der Waals surface area contributed by atoms with Gasteiger partial charge in [-0.05, 0) is 55.5 Å². The topological polar surface area (TPSA) is 96.2 Å². The van der Waals surface area contributed by atoms with Crippen molar-refractivity contribution in [3.05, 3.63) is 52.9 Å². The first-order chi connectivity index (χ1) is 16.2. The van der Waals surface area contributed by atoms with Crippen LogP contribution in [0.25, 0.3) is 22.4 Å². The van der Waals surface area contributed by atoms with Gasteiger partial charge in [-0.1, -0.05) is 6.07 Å². The van der Waals surface area contributed by atoms with Crippen LogP contribution < -0.4 is 15.8 Å². The van der Waals surface area contributed by atoms with Crippen LogP contribution in [0.1, 0.15) is 29.8 Å². The minimum atomic E-state index is -2.64. The minimum Gasteiger partial charge on any atom is -0.507 e. The van der Waals surface area contributed by atoms with E-state index in [1.165, 1.54) is 31.2 Å². The number of hydrogen-bond donors (Lipinski definition) is 2. The monoisotopic (exact) mass is 421 g/mol. The van der Waals surface area contributed by atoms with Gasteiger partial charge in [0.15, 0.2) is 5.82 Å². The fourth-order valence-electron chi connectivity index (χ4n) is 4.68. The summed E-state index contributed by atoms with van der Waals surface area (Å²) in [5.74, 6) is 0.773. The van der Waals surface area contributed by atoms with Crippen LogP contribution in [0.15, 0.2) is 47.4 Å². The lowest BCUT2D eigenvalue weighted by Gasteiger charge is -2.36. The Labute approximate surface area is 184 Å². The van der Waals surface area contributed by atoms with Gasteiger partial charge >= 0.3 is 0 Å². The molecule has 3 aromatic rings. The quantitative estimate of drug-likeness (QED) is 0.667. The van der Waals surface area contributed by atoms with Gasteiger partial charge in [0, 0.05) is 53.5 Å². The minimum absolute atomic E-state index is 0.0252. The van der Waals surface area contributed by atoms with Crippen molar-refractivity contribution in [1.29, 1.82) is 0 Å². The molecule has 2 aliphatic heterocycles. The van der Waals surface area contributed by atoms with E-state index in [0.29, 0.717) is 45.2 Å². The molecule has 8 heteroatoms. The number of aromatic nitrogens is 4. The van der Waals surface area contributed by atoms with Gasteiger partial charge in [-0.3, -0.25) is 4.79 Å². The van der Waals surface area contributed by atoms with E-state index in [1.807, 2.05) is 12.1 Å². The van der Waals surface area contributed by atoms with Gasteiger partial charge in [-0.2, -0.15) is 5.10 Å². The molecule has 31 heavy (non-hydrogen) atoms. The molecule has 2 bridgehead atoms. The summed E-state index contributed by atoms with van der Waals surface area (Å²) in [7, 11) is 2.06. The second-order valence-electron chi connectivity index (χ2n) is 8.38. The normalized spacial score (nSPS) is 24.3. The highest BCUT2D eigenvalue weighted by Crippen LogP contribution is 2.33. The number of phenolic OH excluding ortho intramolecular Hbond substituents is 1. The van der Waals surface area contributed by atoms with Gasteiger partial charge in [0.2, 0.25) is 0 Å². The number of rotatable bonds is 4. The second-order valence-corrected chi connectivity index (χ2v) is 8.38. The Balaban J connectivity index is 1.35. The van der Waals surface area contributed by atoms with E-state index in [1.54, 1.807) is 12.1 Å². The van der Waals surface area contributed by atoms with Crippen molar-refractivity contribution >= 4 is 5.82 Å². The molecular formula is C23H26N6O2. The van der Waals surface area contributed by atoms with Gasteiger partial charge in [-0.15, -0.1) is 10.2 Å². The molecule has 1 aromatic carbocycles. The molecule has 2 N–H and O–H groups in total. The number of piperidine rings is 1. The molecule has 0 spiro atoms. The fraction of sp³-hybridized carbons (Fsp3) is 0.391. The third-order valence-corrected chi connectivity index (χ3v) is 6.41. The molecule has 8 nitrogen and oxygen atoms in total. The summed E-state index contributed by atoms with van der Waals surface area (Å²) >= 11 is 0. The summed E-state index contributed by atoms with van der Waals surface area (Å²) in [5.41, 5.74) is 1.24. The zero-order valence-electron chi connectivity index (χ0n) is 20.2. The average molecular weight is 422 g/mol. The average Bonchev–Trinajstić information content (AvgIpc) is 3.15. The van der Waals surface area contributed by atoms with E-state index >= 15 is 0 Å². The van der Waals surface area contributed by atoms with Crippen LogP contribution in [0.5, 0.6) is 5.75 Å². The maximum Gasteiger partial charge on any atom is 0.267 e. The van der Waals surface area contributed by atoms with Gasteiger partial charge < -0.3 is 15.3 Å². The van der Waals surface area contributed by atoms with Crippen LogP contribution >= 0.6 is 0 Å². The summed E-state index contributed by atoms with van der Waals surface area (Å²) in [4.78, 5) is 14.3. The lowest BCUT2D eigenvalue weighted by Crippen LogP contribution is -2.47. The molecule has 4 heterocycles. The van der Waals surface area contributed by atoms with E-state index in [-0.39, 0.29) is 5.75 Å². The molecule has 2 atom stereocenters. The summed E-state index contributed by atoms with van der Waals surface area (Å²) in [6.45, 7) is -2.64. The number of anilines is 1. The van der Waals surface area contributed by atoms with Crippen LogP contribution in [0.4, 0.5) is 5.82 Å². The highest BCUT2D eigenvalue weighted by Gasteiger charge is 2.35. The Morgan fingerprint density at radius 1 is 1.13 bits per heavy atom. The van der Waals surface area contributed by atoms with Crippen molar-refractivity contribution < 1.29 is 9.22 Å². The lowest BCUT2D eigenvalue weighted by atomic mass is 9.98. The van der Waals surface area contributed by atoms with E-state index < -0.39 is 12.5 Å². The van der Waals surface area contributed by atoms with Crippen molar-refractivity contribution in [2.45, 2.75) is 43.8 Å². The molecular weight excluding hydrogens is 392 g/mol. The first kappa shape index (κ1) is 16.4. The summed E-state index contributed by atoms with van der Waals surface area (Å²) in [6.07, 6.45) is 5.97. The number of aryl methyl sites for hydroxylation is 1. The van der Waals surface area contributed by atoms with Crippen LogP contribution in [-0.2, 0) is 6.98 Å². The fourth-order valence-corrected chi connectivity index (χ4v) is 4.68. The molecule has 0 amide bonds. The number of benzene rings is 1. The number of nitrogens with zero attached hydrogens (tertiary/aromatic N) is 5. The Bertz CT molecular complexity index is 1250. The second kappa shape index (κ2) is 7.77. The predicted molar refractivity (Wildman–Crippen MR) is 119 cm³/mol. The number of nitrogens with one attached hydrogen (secondary N) is 1. The smallest absolute Gasteiger partial charge is 0.267 e. The molecule has 2 aliphatic rings. The number of aromatic hydroxyl groups is 1. The summed E-state index contributed by atoms with van der Waals surface area (Å²) < 4.78 is 22.5. The van der Waals surface area contributed by atoms with Crippen molar-refractivity contribution in [1.82, 2.24) is 25.3 Å². The highest BCUT2D eigenvalue weighted by atomic mass is 16.3. The zero-order valence-corrected chi connectivity index (χ0v) is 17.2. The largest absolute Gasteiger partial charge is 0.507 e. The zero-order chi connectivity index (χ0) is 24.0. The molecule has 0 saturated carbocycles. The van der Waals surface area contributed by atoms with Crippen molar-refractivity contribution in [3.8, 4) is 28.1 Å². The van der Waals surface area contributed by atoms with Crippen molar-refractivity contribution in [2.24, 2.45) is 6.98 Å². The first-order valence-corrected chi connectivity index (χ1v) is 10.5. The van der Waals surface area contributed by atoms with E-state index in [9.17, 15) is 9.90 Å². The number of fused-ring (bicyclic) bond motifs is 2. The maximum absolute atomic E-state index is 12.1. The summed E-state index contributed by atoms with van der Waals surface area (Å²) in [5, 5.41) is 26.8. The Morgan fingerprint density at radius 3 is 2.58 bits per heavy atom. The highest BCUT2D eigenvalue weighted by molar-refractivity contribution is 5.74. The van der Waals surface area contributed by atoms with E-state index in [0.717, 1.165) is 18.7 Å². The van der Waals surface area contributed by atoms with Crippen LogP contribution in [0.2, 0.25) is 0 Å². The lowest BCUT2D eigenvalue weighted by molar-refractivity contribution is 0.353. The molecule has 5 rings (SSSR count). The molecule has 0 radical (unpaired) electrons. The van der Waals surface area contributed by atoms with Crippen molar-refractivity contribution in [3.63, 3.8) is 0 Å². The maximum atomic E-state index is 12.1.